The Labute approximate surface area is 178 Å². The highest BCUT2D eigenvalue weighted by atomic mass is 16.5. The molecule has 0 aliphatic carbocycles. The van der Waals surface area contributed by atoms with Crippen molar-refractivity contribution in [3.8, 4) is 5.75 Å². The van der Waals surface area contributed by atoms with E-state index in [2.05, 4.69) is 40.5 Å². The molecule has 1 amide bonds. The van der Waals surface area contributed by atoms with E-state index in [0.717, 1.165) is 22.9 Å². The molecule has 1 aliphatic rings. The van der Waals surface area contributed by atoms with Gasteiger partial charge in [-0.2, -0.15) is 0 Å². The highest BCUT2D eigenvalue weighted by Crippen LogP contribution is 2.21. The third-order valence-corrected chi connectivity index (χ3v) is 5.75. The van der Waals surface area contributed by atoms with Gasteiger partial charge >= 0.3 is 0 Å². The van der Waals surface area contributed by atoms with Crippen LogP contribution in [0.2, 0.25) is 0 Å². The number of amides is 1. The fourth-order valence-electron chi connectivity index (χ4n) is 3.97. The topological polar surface area (TPSA) is 41.6 Å². The summed E-state index contributed by atoms with van der Waals surface area (Å²) in [6.45, 7) is 5.71. The van der Waals surface area contributed by atoms with Gasteiger partial charge < -0.3 is 10.1 Å². The molecule has 4 nitrogen and oxygen atoms in total. The Morgan fingerprint density at radius 3 is 2.40 bits per heavy atom. The predicted molar refractivity (Wildman–Crippen MR) is 121 cm³/mol. The van der Waals surface area contributed by atoms with Crippen molar-refractivity contribution in [1.82, 2.24) is 10.2 Å². The third-order valence-electron chi connectivity index (χ3n) is 5.75. The van der Waals surface area contributed by atoms with E-state index in [1.54, 1.807) is 6.92 Å². The second kappa shape index (κ2) is 9.77. The van der Waals surface area contributed by atoms with Crippen molar-refractivity contribution < 1.29 is 9.53 Å². The van der Waals surface area contributed by atoms with Gasteiger partial charge in [-0.15, -0.1) is 0 Å². The first kappa shape index (κ1) is 20.4. The number of hydrogen-bond donors (Lipinski definition) is 1. The molecule has 1 fully saturated rings. The number of piperidine rings is 1. The summed E-state index contributed by atoms with van der Waals surface area (Å²) in [6.07, 6.45) is 3.43. The Balaban J connectivity index is 1.26. The van der Waals surface area contributed by atoms with E-state index in [4.69, 9.17) is 4.74 Å². The summed E-state index contributed by atoms with van der Waals surface area (Å²) in [5.74, 6) is 0.596. The number of nitrogens with zero attached hydrogens (tertiary/aromatic N) is 1. The minimum atomic E-state index is -0.551. The number of ether oxygens (including phenoxy) is 1. The Morgan fingerprint density at radius 1 is 0.933 bits per heavy atom. The quantitative estimate of drug-likeness (QED) is 0.611. The first-order valence-corrected chi connectivity index (χ1v) is 10.9. The molecule has 0 spiro atoms. The summed E-state index contributed by atoms with van der Waals surface area (Å²) >= 11 is 0. The van der Waals surface area contributed by atoms with E-state index < -0.39 is 6.10 Å². The molecule has 1 heterocycles. The summed E-state index contributed by atoms with van der Waals surface area (Å²) in [6, 6.07) is 22.6. The molecule has 0 unspecified atom stereocenters. The largest absolute Gasteiger partial charge is 0.481 e. The summed E-state index contributed by atoms with van der Waals surface area (Å²) in [5, 5.41) is 5.24. The number of benzene rings is 3. The van der Waals surface area contributed by atoms with Crippen LogP contribution in [0.15, 0.2) is 66.7 Å². The van der Waals surface area contributed by atoms with Crippen molar-refractivity contribution in [2.45, 2.75) is 45.4 Å². The zero-order chi connectivity index (χ0) is 20.8. The molecule has 0 aromatic heterocycles. The first-order valence-electron chi connectivity index (χ1n) is 10.9. The molecular weight excluding hydrogens is 372 g/mol. The number of carbonyl (C=O) groups excluding carboxylic acids is 1. The Hall–Kier alpha value is -2.85. The van der Waals surface area contributed by atoms with Crippen LogP contribution >= 0.6 is 0 Å². The lowest BCUT2D eigenvalue weighted by atomic mass is 10.1. The SMILES string of the molecule is C[C@H](Oc1ccc2ccccc2c1)C(=O)NCc1ccc(CN2CCCCC2)cc1. The van der Waals surface area contributed by atoms with Gasteiger partial charge in [-0.05, 0) is 66.9 Å². The molecule has 156 valence electrons. The molecule has 30 heavy (non-hydrogen) atoms. The molecular formula is C26H30N2O2. The first-order chi connectivity index (χ1) is 14.7. The fraction of sp³-hybridized carbons (Fsp3) is 0.346. The predicted octanol–water partition coefficient (Wildman–Crippen LogP) is 4.91. The monoisotopic (exact) mass is 402 g/mol. The van der Waals surface area contributed by atoms with Crippen LogP contribution in [0, 0.1) is 0 Å². The average Bonchev–Trinajstić information content (AvgIpc) is 2.79. The maximum atomic E-state index is 12.5. The van der Waals surface area contributed by atoms with Gasteiger partial charge in [0, 0.05) is 13.1 Å². The number of rotatable bonds is 7. The molecule has 1 saturated heterocycles. The normalized spacial score (nSPS) is 15.6. The van der Waals surface area contributed by atoms with E-state index in [-0.39, 0.29) is 5.91 Å². The molecule has 1 atom stereocenters. The van der Waals surface area contributed by atoms with Crippen LogP contribution in [-0.4, -0.2) is 30.0 Å². The molecule has 4 rings (SSSR count). The number of likely N-dealkylation sites (tertiary alicyclic amines) is 1. The lowest BCUT2D eigenvalue weighted by Crippen LogP contribution is -2.35. The molecule has 3 aromatic rings. The van der Waals surface area contributed by atoms with Crippen molar-refractivity contribution in [1.29, 1.82) is 0 Å². The minimum Gasteiger partial charge on any atom is -0.481 e. The maximum absolute atomic E-state index is 12.5. The standard InChI is InChI=1S/C26H30N2O2/c1-20(30-25-14-13-23-7-3-4-8-24(23)17-25)26(29)27-18-21-9-11-22(12-10-21)19-28-15-5-2-6-16-28/h3-4,7-14,17,20H,2,5-6,15-16,18-19H2,1H3,(H,27,29)/t20-/m0/s1. The number of hydrogen-bond acceptors (Lipinski definition) is 3. The lowest BCUT2D eigenvalue weighted by molar-refractivity contribution is -0.127. The van der Waals surface area contributed by atoms with Crippen LogP contribution in [0.3, 0.4) is 0 Å². The molecule has 1 N–H and O–H groups in total. The van der Waals surface area contributed by atoms with Crippen LogP contribution in [0.4, 0.5) is 0 Å². The van der Waals surface area contributed by atoms with Gasteiger partial charge in [-0.3, -0.25) is 9.69 Å². The van der Waals surface area contributed by atoms with E-state index in [9.17, 15) is 4.79 Å². The van der Waals surface area contributed by atoms with Crippen molar-refractivity contribution in [3.05, 3.63) is 77.9 Å². The van der Waals surface area contributed by atoms with Crippen molar-refractivity contribution in [2.75, 3.05) is 13.1 Å². The second-order valence-electron chi connectivity index (χ2n) is 8.14. The van der Waals surface area contributed by atoms with E-state index >= 15 is 0 Å². The zero-order valence-electron chi connectivity index (χ0n) is 17.6. The Bertz CT molecular complexity index is 978. The van der Waals surface area contributed by atoms with E-state index in [1.807, 2.05) is 36.4 Å². The van der Waals surface area contributed by atoms with Crippen LogP contribution in [0.5, 0.6) is 5.75 Å². The number of carbonyl (C=O) groups is 1. The molecule has 0 radical (unpaired) electrons. The highest BCUT2D eigenvalue weighted by molar-refractivity contribution is 5.84. The molecule has 4 heteroatoms. The molecule has 3 aromatic carbocycles. The minimum absolute atomic E-state index is 0.111. The third kappa shape index (κ3) is 5.39. The van der Waals surface area contributed by atoms with Gasteiger partial charge in [-0.1, -0.05) is 61.0 Å². The smallest absolute Gasteiger partial charge is 0.261 e. The summed E-state index contributed by atoms with van der Waals surface area (Å²) < 4.78 is 5.86. The molecule has 0 bridgehead atoms. The van der Waals surface area contributed by atoms with Crippen LogP contribution in [-0.2, 0) is 17.9 Å². The van der Waals surface area contributed by atoms with E-state index in [1.165, 1.54) is 37.9 Å². The average molecular weight is 403 g/mol. The number of fused-ring (bicyclic) bond motifs is 1. The van der Waals surface area contributed by atoms with Crippen molar-refractivity contribution in [3.63, 3.8) is 0 Å². The van der Waals surface area contributed by atoms with Crippen LogP contribution in [0.25, 0.3) is 10.8 Å². The fourth-order valence-corrected chi connectivity index (χ4v) is 3.97. The van der Waals surface area contributed by atoms with Gasteiger partial charge in [0.25, 0.3) is 5.91 Å². The lowest BCUT2D eigenvalue weighted by Gasteiger charge is -2.26. The van der Waals surface area contributed by atoms with Gasteiger partial charge in [0.1, 0.15) is 5.75 Å². The summed E-state index contributed by atoms with van der Waals surface area (Å²) in [7, 11) is 0. The van der Waals surface area contributed by atoms with Gasteiger partial charge in [-0.25, -0.2) is 0 Å². The van der Waals surface area contributed by atoms with Gasteiger partial charge in [0.15, 0.2) is 6.10 Å². The van der Waals surface area contributed by atoms with Gasteiger partial charge in [0.05, 0.1) is 0 Å². The zero-order valence-corrected chi connectivity index (χ0v) is 17.6. The maximum Gasteiger partial charge on any atom is 0.261 e. The van der Waals surface area contributed by atoms with Crippen molar-refractivity contribution in [2.24, 2.45) is 0 Å². The second-order valence-corrected chi connectivity index (χ2v) is 8.14. The van der Waals surface area contributed by atoms with Crippen molar-refractivity contribution >= 4 is 16.7 Å². The summed E-state index contributed by atoms with van der Waals surface area (Å²) in [5.41, 5.74) is 2.43. The van der Waals surface area contributed by atoms with E-state index in [0.29, 0.717) is 12.3 Å². The Kier molecular flexibility index (Phi) is 6.65. The molecule has 1 aliphatic heterocycles. The Morgan fingerprint density at radius 2 is 1.63 bits per heavy atom. The molecule has 0 saturated carbocycles. The van der Waals surface area contributed by atoms with Crippen LogP contribution < -0.4 is 10.1 Å². The number of nitrogens with one attached hydrogen (secondary N) is 1. The summed E-state index contributed by atoms with van der Waals surface area (Å²) in [4.78, 5) is 15.0. The van der Waals surface area contributed by atoms with Crippen LogP contribution in [0.1, 0.15) is 37.3 Å². The van der Waals surface area contributed by atoms with Gasteiger partial charge in [0.2, 0.25) is 0 Å². The highest BCUT2D eigenvalue weighted by Gasteiger charge is 2.15.